The van der Waals surface area contributed by atoms with Gasteiger partial charge in [0.1, 0.15) is 11.6 Å². The largest absolute Gasteiger partial charge is 0.493 e. The van der Waals surface area contributed by atoms with Crippen molar-refractivity contribution in [1.82, 2.24) is 5.43 Å². The molecular formula is C21H24FN3O3. The lowest BCUT2D eigenvalue weighted by atomic mass is 10.2. The molecule has 0 saturated carbocycles. The summed E-state index contributed by atoms with van der Waals surface area (Å²) in [6.07, 6.45) is 1.51. The number of hydrazone groups is 1. The van der Waals surface area contributed by atoms with Gasteiger partial charge in [-0.1, -0.05) is 13.8 Å². The monoisotopic (exact) mass is 385 g/mol. The van der Waals surface area contributed by atoms with Crippen LogP contribution in [0.2, 0.25) is 0 Å². The predicted octanol–water partition coefficient (Wildman–Crippen LogP) is 3.73. The Morgan fingerprint density at radius 3 is 2.32 bits per heavy atom. The molecule has 2 N–H and O–H groups in total. The second-order valence-corrected chi connectivity index (χ2v) is 6.62. The Morgan fingerprint density at radius 2 is 1.68 bits per heavy atom. The summed E-state index contributed by atoms with van der Waals surface area (Å²) in [5.74, 6) is 0.148. The summed E-state index contributed by atoms with van der Waals surface area (Å²) in [5.41, 5.74) is 3.67. The lowest BCUT2D eigenvalue weighted by Crippen LogP contribution is -2.20. The molecule has 0 bridgehead atoms. The quantitative estimate of drug-likeness (QED) is 0.510. The fraction of sp³-hybridized carbons (Fsp3) is 0.286. The summed E-state index contributed by atoms with van der Waals surface area (Å²) < 4.78 is 18.4. The number of rotatable bonds is 9. The molecule has 0 fully saturated rings. The van der Waals surface area contributed by atoms with Crippen LogP contribution in [-0.4, -0.2) is 24.6 Å². The molecule has 2 aromatic rings. The van der Waals surface area contributed by atoms with Gasteiger partial charge < -0.3 is 10.1 Å². The maximum atomic E-state index is 12.8. The van der Waals surface area contributed by atoms with Crippen molar-refractivity contribution in [3.8, 4) is 5.75 Å². The van der Waals surface area contributed by atoms with Crippen molar-refractivity contribution in [3.05, 3.63) is 59.9 Å². The zero-order valence-electron chi connectivity index (χ0n) is 15.9. The van der Waals surface area contributed by atoms with Gasteiger partial charge in [-0.25, -0.2) is 9.82 Å². The molecule has 148 valence electrons. The van der Waals surface area contributed by atoms with Crippen LogP contribution in [0.4, 0.5) is 10.1 Å². The minimum absolute atomic E-state index is 0.000612. The third kappa shape index (κ3) is 7.99. The standard InChI is InChI=1S/C21H24FN3O3/c1-15(2)14-28-19-9-3-16(4-10-19)13-23-25-21(27)12-11-20(26)24-18-7-5-17(22)6-8-18/h3-10,13,15H,11-12,14H2,1-2H3,(H,24,26)(H,25,27). The topological polar surface area (TPSA) is 79.8 Å². The summed E-state index contributed by atoms with van der Waals surface area (Å²) in [4.78, 5) is 23.6. The third-order valence-electron chi connectivity index (χ3n) is 3.57. The molecule has 0 aliphatic heterocycles. The number of halogens is 1. The van der Waals surface area contributed by atoms with Crippen molar-refractivity contribution in [2.45, 2.75) is 26.7 Å². The minimum Gasteiger partial charge on any atom is -0.493 e. The van der Waals surface area contributed by atoms with E-state index in [-0.39, 0.29) is 30.5 Å². The molecule has 0 atom stereocenters. The average molecular weight is 385 g/mol. The minimum atomic E-state index is -0.382. The van der Waals surface area contributed by atoms with Gasteiger partial charge in [0, 0.05) is 18.5 Å². The van der Waals surface area contributed by atoms with Crippen molar-refractivity contribution >= 4 is 23.7 Å². The van der Waals surface area contributed by atoms with Crippen LogP contribution < -0.4 is 15.5 Å². The molecular weight excluding hydrogens is 361 g/mol. The summed E-state index contributed by atoms with van der Waals surface area (Å²) >= 11 is 0. The Bertz CT molecular complexity index is 803. The van der Waals surface area contributed by atoms with Crippen LogP contribution in [-0.2, 0) is 9.59 Å². The molecule has 0 aliphatic rings. The van der Waals surface area contributed by atoms with Crippen molar-refractivity contribution in [2.24, 2.45) is 11.0 Å². The number of benzene rings is 2. The Hall–Kier alpha value is -3.22. The van der Waals surface area contributed by atoms with Crippen LogP contribution in [0.15, 0.2) is 53.6 Å². The Balaban J connectivity index is 1.69. The number of anilines is 1. The molecule has 0 heterocycles. The Labute approximate surface area is 163 Å². The SMILES string of the molecule is CC(C)COc1ccc(C=NNC(=O)CCC(=O)Nc2ccc(F)cc2)cc1. The first-order valence-electron chi connectivity index (χ1n) is 9.02. The van der Waals surface area contributed by atoms with E-state index < -0.39 is 0 Å². The van der Waals surface area contributed by atoms with Crippen LogP contribution >= 0.6 is 0 Å². The summed E-state index contributed by atoms with van der Waals surface area (Å²) in [7, 11) is 0. The number of ether oxygens (including phenoxy) is 1. The van der Waals surface area contributed by atoms with Crippen molar-refractivity contribution in [2.75, 3.05) is 11.9 Å². The van der Waals surface area contributed by atoms with Gasteiger partial charge >= 0.3 is 0 Å². The number of nitrogens with one attached hydrogen (secondary N) is 2. The van der Waals surface area contributed by atoms with E-state index in [2.05, 4.69) is 29.7 Å². The summed E-state index contributed by atoms with van der Waals surface area (Å²) in [6, 6.07) is 12.8. The van der Waals surface area contributed by atoms with Crippen molar-refractivity contribution < 1.29 is 18.7 Å². The van der Waals surface area contributed by atoms with Gasteiger partial charge in [-0.3, -0.25) is 9.59 Å². The number of nitrogens with zero attached hydrogens (tertiary/aromatic N) is 1. The van der Waals surface area contributed by atoms with Crippen LogP contribution in [0.5, 0.6) is 5.75 Å². The third-order valence-corrected chi connectivity index (χ3v) is 3.57. The van der Waals surface area contributed by atoms with Gasteiger partial charge in [-0.2, -0.15) is 5.10 Å². The van der Waals surface area contributed by atoms with E-state index in [1.807, 2.05) is 24.3 Å². The highest BCUT2D eigenvalue weighted by atomic mass is 19.1. The van der Waals surface area contributed by atoms with Gasteiger partial charge in [0.2, 0.25) is 11.8 Å². The number of hydrogen-bond donors (Lipinski definition) is 2. The highest BCUT2D eigenvalue weighted by molar-refractivity contribution is 5.93. The molecule has 28 heavy (non-hydrogen) atoms. The molecule has 0 unspecified atom stereocenters. The molecule has 0 spiro atoms. The fourth-order valence-electron chi connectivity index (χ4n) is 2.13. The maximum absolute atomic E-state index is 12.8. The van der Waals surface area contributed by atoms with Gasteiger partial charge in [-0.05, 0) is 60.0 Å². The Kier molecular flexibility index (Phi) is 8.14. The molecule has 0 aromatic heterocycles. The Morgan fingerprint density at radius 1 is 1.04 bits per heavy atom. The second kappa shape index (κ2) is 10.8. The lowest BCUT2D eigenvalue weighted by molar-refractivity contribution is -0.124. The highest BCUT2D eigenvalue weighted by Crippen LogP contribution is 2.12. The van der Waals surface area contributed by atoms with Gasteiger partial charge in [0.25, 0.3) is 0 Å². The van der Waals surface area contributed by atoms with E-state index in [0.29, 0.717) is 18.2 Å². The van der Waals surface area contributed by atoms with E-state index in [9.17, 15) is 14.0 Å². The zero-order valence-corrected chi connectivity index (χ0v) is 15.9. The van der Waals surface area contributed by atoms with E-state index >= 15 is 0 Å². The number of carbonyl (C=O) groups is 2. The van der Waals surface area contributed by atoms with Crippen LogP contribution in [0.3, 0.4) is 0 Å². The maximum Gasteiger partial charge on any atom is 0.240 e. The molecule has 0 saturated heterocycles. The van der Waals surface area contributed by atoms with E-state index in [1.54, 1.807) is 0 Å². The van der Waals surface area contributed by atoms with Gasteiger partial charge in [-0.15, -0.1) is 0 Å². The van der Waals surface area contributed by atoms with Crippen LogP contribution in [0, 0.1) is 11.7 Å². The van der Waals surface area contributed by atoms with Gasteiger partial charge in [0.05, 0.1) is 12.8 Å². The molecule has 2 rings (SSSR count). The van der Waals surface area contributed by atoms with Crippen LogP contribution in [0.25, 0.3) is 0 Å². The molecule has 2 aromatic carbocycles. The van der Waals surface area contributed by atoms with Gasteiger partial charge in [0.15, 0.2) is 0 Å². The highest BCUT2D eigenvalue weighted by Gasteiger charge is 2.07. The van der Waals surface area contributed by atoms with Crippen molar-refractivity contribution in [3.63, 3.8) is 0 Å². The average Bonchev–Trinajstić information content (AvgIpc) is 2.67. The smallest absolute Gasteiger partial charge is 0.240 e. The molecule has 0 radical (unpaired) electrons. The predicted molar refractivity (Wildman–Crippen MR) is 107 cm³/mol. The van der Waals surface area contributed by atoms with E-state index in [4.69, 9.17) is 4.74 Å². The summed E-state index contributed by atoms with van der Waals surface area (Å²) in [6.45, 7) is 4.81. The van der Waals surface area contributed by atoms with Crippen molar-refractivity contribution in [1.29, 1.82) is 0 Å². The normalized spacial score (nSPS) is 10.9. The number of amides is 2. The van der Waals surface area contributed by atoms with E-state index in [1.165, 1.54) is 30.5 Å². The molecule has 7 heteroatoms. The first kappa shape index (κ1) is 21.1. The number of hydrogen-bond acceptors (Lipinski definition) is 4. The first-order chi connectivity index (χ1) is 13.4. The fourth-order valence-corrected chi connectivity index (χ4v) is 2.13. The molecule has 0 aliphatic carbocycles. The van der Waals surface area contributed by atoms with E-state index in [0.717, 1.165) is 11.3 Å². The molecule has 2 amide bonds. The molecule has 6 nitrogen and oxygen atoms in total. The first-order valence-corrected chi connectivity index (χ1v) is 9.02. The summed E-state index contributed by atoms with van der Waals surface area (Å²) in [5, 5.41) is 6.47. The van der Waals surface area contributed by atoms with Crippen LogP contribution in [0.1, 0.15) is 32.3 Å². The zero-order chi connectivity index (χ0) is 20.4. The lowest BCUT2D eigenvalue weighted by Gasteiger charge is -2.08. The number of carbonyl (C=O) groups excluding carboxylic acids is 2. The second-order valence-electron chi connectivity index (χ2n) is 6.62.